The first kappa shape index (κ1) is 12.5. The Morgan fingerprint density at radius 1 is 1.31 bits per heavy atom. The summed E-state index contributed by atoms with van der Waals surface area (Å²) in [5.74, 6) is 5.00. The van der Waals surface area contributed by atoms with Crippen molar-refractivity contribution in [3.8, 4) is 5.75 Å². The number of nitrogens with two attached hydrogens (primary N) is 1. The Morgan fingerprint density at radius 2 is 2.06 bits per heavy atom. The highest BCUT2D eigenvalue weighted by Gasteiger charge is 2.12. The largest absolute Gasteiger partial charge is 0.462 e. The lowest BCUT2D eigenvalue weighted by Crippen LogP contribution is -2.11. The van der Waals surface area contributed by atoms with Crippen LogP contribution in [0.15, 0.2) is 24.3 Å². The summed E-state index contributed by atoms with van der Waals surface area (Å²) >= 11 is 0. The van der Waals surface area contributed by atoms with Crippen LogP contribution in [0, 0.1) is 0 Å². The van der Waals surface area contributed by atoms with E-state index in [1.54, 1.807) is 24.3 Å². The third-order valence-corrected chi connectivity index (χ3v) is 2.21. The zero-order valence-electron chi connectivity index (χ0n) is 9.44. The molecule has 4 heteroatoms. The Morgan fingerprint density at radius 3 is 2.75 bits per heavy atom. The van der Waals surface area contributed by atoms with Crippen molar-refractivity contribution in [2.75, 3.05) is 6.61 Å². The van der Waals surface area contributed by atoms with E-state index in [9.17, 15) is 4.79 Å². The minimum atomic E-state index is -0.392. The van der Waals surface area contributed by atoms with Crippen molar-refractivity contribution in [3.05, 3.63) is 29.8 Å². The molecular formula is C12H17NO3. The molecule has 0 aliphatic heterocycles. The topological polar surface area (TPSA) is 61.5 Å². The molecule has 2 N–H and O–H groups in total. The highest BCUT2D eigenvalue weighted by Crippen LogP contribution is 2.17. The molecule has 0 radical (unpaired) electrons. The smallest absolute Gasteiger partial charge is 0.342 e. The quantitative estimate of drug-likeness (QED) is 0.456. The normalized spacial score (nSPS) is 9.88. The van der Waals surface area contributed by atoms with E-state index in [1.165, 1.54) is 0 Å². The van der Waals surface area contributed by atoms with E-state index in [-0.39, 0.29) is 0 Å². The van der Waals surface area contributed by atoms with Crippen LogP contribution < -0.4 is 10.7 Å². The Bertz CT molecular complexity index is 339. The fourth-order valence-corrected chi connectivity index (χ4v) is 1.33. The Balaban J connectivity index is 2.52. The SMILES string of the molecule is CCCCCOC(=O)c1ccccc1ON. The van der Waals surface area contributed by atoms with Crippen molar-refractivity contribution in [2.45, 2.75) is 26.2 Å². The monoisotopic (exact) mass is 223 g/mol. The fourth-order valence-electron chi connectivity index (χ4n) is 1.33. The van der Waals surface area contributed by atoms with E-state index in [0.717, 1.165) is 19.3 Å². The van der Waals surface area contributed by atoms with Crippen molar-refractivity contribution in [3.63, 3.8) is 0 Å². The van der Waals surface area contributed by atoms with Crippen molar-refractivity contribution in [1.82, 2.24) is 0 Å². The molecule has 4 nitrogen and oxygen atoms in total. The average Bonchev–Trinajstić information content (AvgIpc) is 2.34. The van der Waals surface area contributed by atoms with Gasteiger partial charge in [-0.3, -0.25) is 0 Å². The van der Waals surface area contributed by atoms with Gasteiger partial charge in [-0.25, -0.2) is 4.79 Å². The molecule has 1 aromatic rings. The average molecular weight is 223 g/mol. The molecule has 0 atom stereocenters. The predicted octanol–water partition coefficient (Wildman–Crippen LogP) is 2.29. The molecule has 0 amide bonds. The van der Waals surface area contributed by atoms with Crippen LogP contribution in [0.2, 0.25) is 0 Å². The van der Waals surface area contributed by atoms with Gasteiger partial charge < -0.3 is 9.57 Å². The number of ether oxygens (including phenoxy) is 1. The van der Waals surface area contributed by atoms with Crippen molar-refractivity contribution < 1.29 is 14.4 Å². The molecule has 0 aliphatic carbocycles. The lowest BCUT2D eigenvalue weighted by atomic mass is 10.2. The summed E-state index contributed by atoms with van der Waals surface area (Å²) in [7, 11) is 0. The van der Waals surface area contributed by atoms with E-state index in [1.807, 2.05) is 0 Å². The lowest BCUT2D eigenvalue weighted by molar-refractivity contribution is 0.0493. The van der Waals surface area contributed by atoms with Crippen LogP contribution in [-0.2, 0) is 4.74 Å². The second kappa shape index (κ2) is 6.85. The third-order valence-electron chi connectivity index (χ3n) is 2.21. The van der Waals surface area contributed by atoms with Gasteiger partial charge in [-0.05, 0) is 18.6 Å². The number of esters is 1. The lowest BCUT2D eigenvalue weighted by Gasteiger charge is -2.07. The summed E-state index contributed by atoms with van der Waals surface area (Å²) in [5, 5.41) is 0. The van der Waals surface area contributed by atoms with Crippen molar-refractivity contribution in [1.29, 1.82) is 0 Å². The molecule has 1 aromatic carbocycles. The van der Waals surface area contributed by atoms with Gasteiger partial charge in [0.15, 0.2) is 5.75 Å². The van der Waals surface area contributed by atoms with Gasteiger partial charge >= 0.3 is 5.97 Å². The van der Waals surface area contributed by atoms with Gasteiger partial charge in [0.1, 0.15) is 5.56 Å². The van der Waals surface area contributed by atoms with Crippen molar-refractivity contribution >= 4 is 5.97 Å². The van der Waals surface area contributed by atoms with E-state index >= 15 is 0 Å². The summed E-state index contributed by atoms with van der Waals surface area (Å²) in [6.45, 7) is 2.53. The highest BCUT2D eigenvalue weighted by molar-refractivity contribution is 5.92. The summed E-state index contributed by atoms with van der Waals surface area (Å²) in [6.07, 6.45) is 3.04. The van der Waals surface area contributed by atoms with Gasteiger partial charge in [0, 0.05) is 0 Å². The predicted molar refractivity (Wildman–Crippen MR) is 61.1 cm³/mol. The van der Waals surface area contributed by atoms with Gasteiger partial charge in [0.05, 0.1) is 6.61 Å². The molecular weight excluding hydrogens is 206 g/mol. The molecule has 0 aliphatic rings. The molecule has 0 bridgehead atoms. The Kier molecular flexibility index (Phi) is 5.36. The fraction of sp³-hybridized carbons (Fsp3) is 0.417. The standard InChI is InChI=1S/C12H17NO3/c1-2-3-6-9-15-12(14)10-7-4-5-8-11(10)16-13/h4-5,7-8H,2-3,6,9,13H2,1H3. The number of rotatable bonds is 6. The number of unbranched alkanes of at least 4 members (excludes halogenated alkanes) is 2. The number of carbonyl (C=O) groups excluding carboxylic acids is 1. The molecule has 16 heavy (non-hydrogen) atoms. The Hall–Kier alpha value is -1.55. The van der Waals surface area contributed by atoms with Crippen LogP contribution in [0.1, 0.15) is 36.5 Å². The summed E-state index contributed by atoms with van der Waals surface area (Å²) in [5.41, 5.74) is 0.362. The van der Waals surface area contributed by atoms with Crippen LogP contribution in [-0.4, -0.2) is 12.6 Å². The summed E-state index contributed by atoms with van der Waals surface area (Å²) in [4.78, 5) is 16.2. The molecule has 0 unspecified atom stereocenters. The first-order valence-corrected chi connectivity index (χ1v) is 5.42. The number of carbonyl (C=O) groups is 1. The third kappa shape index (κ3) is 3.55. The number of hydrogen-bond acceptors (Lipinski definition) is 4. The van der Waals surface area contributed by atoms with Gasteiger partial charge in [0.25, 0.3) is 0 Å². The molecule has 0 spiro atoms. The maximum Gasteiger partial charge on any atom is 0.342 e. The molecule has 0 saturated heterocycles. The first-order chi connectivity index (χ1) is 7.79. The molecule has 88 valence electrons. The minimum Gasteiger partial charge on any atom is -0.462 e. The zero-order chi connectivity index (χ0) is 11.8. The van der Waals surface area contributed by atoms with Gasteiger partial charge in [-0.1, -0.05) is 31.9 Å². The highest BCUT2D eigenvalue weighted by atomic mass is 16.6. The number of para-hydroxylation sites is 1. The van der Waals surface area contributed by atoms with E-state index in [2.05, 4.69) is 11.8 Å². The van der Waals surface area contributed by atoms with Gasteiger partial charge in [-0.2, -0.15) is 5.90 Å². The van der Waals surface area contributed by atoms with E-state index < -0.39 is 5.97 Å². The van der Waals surface area contributed by atoms with E-state index in [4.69, 9.17) is 10.6 Å². The van der Waals surface area contributed by atoms with Crippen molar-refractivity contribution in [2.24, 2.45) is 5.90 Å². The summed E-state index contributed by atoms with van der Waals surface area (Å²) in [6, 6.07) is 6.74. The maximum atomic E-state index is 11.6. The molecule has 0 heterocycles. The maximum absolute atomic E-state index is 11.6. The first-order valence-electron chi connectivity index (χ1n) is 5.42. The molecule has 1 rings (SSSR count). The molecule has 0 saturated carbocycles. The van der Waals surface area contributed by atoms with E-state index in [0.29, 0.717) is 17.9 Å². The molecule has 0 aromatic heterocycles. The number of hydrogen-bond donors (Lipinski definition) is 1. The zero-order valence-corrected chi connectivity index (χ0v) is 9.44. The van der Waals surface area contributed by atoms with Crippen LogP contribution in [0.3, 0.4) is 0 Å². The Labute approximate surface area is 95.3 Å². The van der Waals surface area contributed by atoms with Gasteiger partial charge in [-0.15, -0.1) is 0 Å². The van der Waals surface area contributed by atoms with Crippen LogP contribution >= 0.6 is 0 Å². The minimum absolute atomic E-state index is 0.336. The second-order valence-corrected chi connectivity index (χ2v) is 3.46. The van der Waals surface area contributed by atoms with Gasteiger partial charge in [0.2, 0.25) is 0 Å². The molecule has 0 fully saturated rings. The van der Waals surface area contributed by atoms with Crippen LogP contribution in [0.5, 0.6) is 5.75 Å². The van der Waals surface area contributed by atoms with Crippen LogP contribution in [0.25, 0.3) is 0 Å². The van der Waals surface area contributed by atoms with Crippen LogP contribution in [0.4, 0.5) is 0 Å². The summed E-state index contributed by atoms with van der Waals surface area (Å²) < 4.78 is 5.10. The number of benzene rings is 1. The second-order valence-electron chi connectivity index (χ2n) is 3.46.